The fourth-order valence-electron chi connectivity index (χ4n) is 1.54. The van der Waals surface area contributed by atoms with E-state index in [1.54, 1.807) is 6.20 Å². The van der Waals surface area contributed by atoms with E-state index in [0.29, 0.717) is 6.54 Å². The fraction of sp³-hybridized carbons (Fsp3) is 0.231. The van der Waals surface area contributed by atoms with Crippen molar-refractivity contribution in [3.05, 3.63) is 52.0 Å². The molecule has 0 fully saturated rings. The summed E-state index contributed by atoms with van der Waals surface area (Å²) in [5.74, 6) is 0.00781. The van der Waals surface area contributed by atoms with Crippen LogP contribution in [0.15, 0.2) is 35.8 Å². The Bertz CT molecular complexity index is 493. The van der Waals surface area contributed by atoms with Crippen LogP contribution in [0.25, 0.3) is 0 Å². The van der Waals surface area contributed by atoms with Crippen molar-refractivity contribution >= 4 is 17.2 Å². The Morgan fingerprint density at radius 1 is 1.41 bits per heavy atom. The van der Waals surface area contributed by atoms with Gasteiger partial charge in [-0.2, -0.15) is 0 Å². The highest BCUT2D eigenvalue weighted by atomic mass is 32.1. The highest BCUT2D eigenvalue weighted by molar-refractivity contribution is 7.12. The average Bonchev–Trinajstić information content (AvgIpc) is 2.77. The number of amides is 1. The second-order valence-electron chi connectivity index (χ2n) is 3.76. The molecule has 0 spiro atoms. The van der Waals surface area contributed by atoms with Crippen molar-refractivity contribution in [1.82, 2.24) is 10.3 Å². The van der Waals surface area contributed by atoms with Gasteiger partial charge < -0.3 is 5.32 Å². The Morgan fingerprint density at radius 2 is 2.29 bits per heavy atom. The molecule has 2 aromatic rings. The molecular weight excluding hydrogens is 232 g/mol. The molecule has 2 aromatic heterocycles. The lowest BCUT2D eigenvalue weighted by molar-refractivity contribution is 0.0957. The van der Waals surface area contributed by atoms with Crippen LogP contribution in [0.2, 0.25) is 0 Å². The lowest BCUT2D eigenvalue weighted by atomic mass is 10.2. The number of nitrogens with zero attached hydrogens (tertiary/aromatic N) is 1. The van der Waals surface area contributed by atoms with Crippen LogP contribution in [0.3, 0.4) is 0 Å². The first-order chi connectivity index (χ1) is 8.27. The molecule has 0 aromatic carbocycles. The third-order valence-corrected chi connectivity index (χ3v) is 3.48. The van der Waals surface area contributed by atoms with E-state index in [0.717, 1.165) is 22.6 Å². The predicted octanol–water partition coefficient (Wildman–Crippen LogP) is 2.42. The van der Waals surface area contributed by atoms with E-state index in [4.69, 9.17) is 0 Å². The Kier molecular flexibility index (Phi) is 3.88. The number of rotatable bonds is 4. The molecule has 0 radical (unpaired) electrons. The second-order valence-corrected chi connectivity index (χ2v) is 4.68. The maximum absolute atomic E-state index is 11.8. The van der Waals surface area contributed by atoms with Gasteiger partial charge in [0.25, 0.3) is 5.91 Å². The van der Waals surface area contributed by atoms with Gasteiger partial charge in [-0.25, -0.2) is 0 Å². The van der Waals surface area contributed by atoms with E-state index in [-0.39, 0.29) is 5.91 Å². The highest BCUT2D eigenvalue weighted by Crippen LogP contribution is 2.14. The monoisotopic (exact) mass is 246 g/mol. The molecule has 4 heteroatoms. The number of carbonyl (C=O) groups excluding carboxylic acids is 1. The second kappa shape index (κ2) is 5.59. The number of carbonyl (C=O) groups is 1. The van der Waals surface area contributed by atoms with Gasteiger partial charge in [0, 0.05) is 24.9 Å². The Labute approximate surface area is 105 Å². The Hall–Kier alpha value is -1.68. The van der Waals surface area contributed by atoms with E-state index in [9.17, 15) is 4.79 Å². The van der Waals surface area contributed by atoms with Gasteiger partial charge in [-0.05, 0) is 36.1 Å². The third-order valence-electron chi connectivity index (χ3n) is 2.46. The first-order valence-corrected chi connectivity index (χ1v) is 6.37. The largest absolute Gasteiger partial charge is 0.351 e. The summed E-state index contributed by atoms with van der Waals surface area (Å²) in [6, 6.07) is 7.76. The van der Waals surface area contributed by atoms with Crippen molar-refractivity contribution in [2.24, 2.45) is 0 Å². The van der Waals surface area contributed by atoms with Gasteiger partial charge in [0.15, 0.2) is 0 Å². The van der Waals surface area contributed by atoms with Crippen molar-refractivity contribution in [2.75, 3.05) is 6.54 Å². The van der Waals surface area contributed by atoms with Crippen LogP contribution in [0.4, 0.5) is 0 Å². The first kappa shape index (κ1) is 11.8. The summed E-state index contributed by atoms with van der Waals surface area (Å²) in [6.45, 7) is 2.57. The standard InChI is InChI=1S/C13H14N2OS/c1-10-6-9-17-12(10)13(16)15-8-5-11-4-2-3-7-14-11/h2-4,6-7,9H,5,8H2,1H3,(H,15,16). The topological polar surface area (TPSA) is 42.0 Å². The SMILES string of the molecule is Cc1ccsc1C(=O)NCCc1ccccn1. The molecule has 0 aliphatic rings. The number of nitrogens with one attached hydrogen (secondary N) is 1. The van der Waals surface area contributed by atoms with E-state index in [2.05, 4.69) is 10.3 Å². The van der Waals surface area contributed by atoms with Crippen LogP contribution >= 0.6 is 11.3 Å². The maximum atomic E-state index is 11.8. The molecular formula is C13H14N2OS. The minimum atomic E-state index is 0.00781. The van der Waals surface area contributed by atoms with E-state index in [1.807, 2.05) is 36.6 Å². The summed E-state index contributed by atoms with van der Waals surface area (Å²) >= 11 is 1.48. The highest BCUT2D eigenvalue weighted by Gasteiger charge is 2.09. The predicted molar refractivity (Wildman–Crippen MR) is 69.3 cm³/mol. The van der Waals surface area contributed by atoms with Gasteiger partial charge in [0.2, 0.25) is 0 Å². The summed E-state index contributed by atoms with van der Waals surface area (Å²) in [5.41, 5.74) is 2.03. The number of thiophene rings is 1. The summed E-state index contributed by atoms with van der Waals surface area (Å²) in [6.07, 6.45) is 2.53. The number of aryl methyl sites for hydroxylation is 1. The third kappa shape index (κ3) is 3.14. The Morgan fingerprint density at radius 3 is 2.94 bits per heavy atom. The first-order valence-electron chi connectivity index (χ1n) is 5.49. The normalized spacial score (nSPS) is 10.2. The molecule has 2 rings (SSSR count). The molecule has 1 amide bonds. The van der Waals surface area contributed by atoms with Crippen LogP contribution in [0.1, 0.15) is 20.9 Å². The Balaban J connectivity index is 1.84. The molecule has 0 aliphatic carbocycles. The lowest BCUT2D eigenvalue weighted by Crippen LogP contribution is -2.25. The zero-order chi connectivity index (χ0) is 12.1. The summed E-state index contributed by atoms with van der Waals surface area (Å²) in [5, 5.41) is 4.84. The van der Waals surface area contributed by atoms with Crippen molar-refractivity contribution in [1.29, 1.82) is 0 Å². The lowest BCUT2D eigenvalue weighted by Gasteiger charge is -2.04. The molecule has 2 heterocycles. The zero-order valence-corrected chi connectivity index (χ0v) is 10.5. The smallest absolute Gasteiger partial charge is 0.261 e. The van der Waals surface area contributed by atoms with Crippen molar-refractivity contribution in [3.63, 3.8) is 0 Å². The molecule has 17 heavy (non-hydrogen) atoms. The van der Waals surface area contributed by atoms with Crippen LogP contribution in [-0.2, 0) is 6.42 Å². The quantitative estimate of drug-likeness (QED) is 0.900. The number of aromatic nitrogens is 1. The van der Waals surface area contributed by atoms with Crippen LogP contribution in [-0.4, -0.2) is 17.4 Å². The van der Waals surface area contributed by atoms with E-state index in [1.165, 1.54) is 11.3 Å². The molecule has 88 valence electrons. The number of pyridine rings is 1. The van der Waals surface area contributed by atoms with Crippen LogP contribution < -0.4 is 5.32 Å². The molecule has 0 saturated heterocycles. The van der Waals surface area contributed by atoms with Crippen molar-refractivity contribution < 1.29 is 4.79 Å². The van der Waals surface area contributed by atoms with Gasteiger partial charge in [0.05, 0.1) is 4.88 Å². The van der Waals surface area contributed by atoms with Crippen molar-refractivity contribution in [2.45, 2.75) is 13.3 Å². The van der Waals surface area contributed by atoms with Gasteiger partial charge in [-0.3, -0.25) is 9.78 Å². The molecule has 0 atom stereocenters. The van der Waals surface area contributed by atoms with Gasteiger partial charge in [-0.15, -0.1) is 11.3 Å². The fourth-order valence-corrected chi connectivity index (χ4v) is 2.38. The van der Waals surface area contributed by atoms with Crippen molar-refractivity contribution in [3.8, 4) is 0 Å². The molecule has 3 nitrogen and oxygen atoms in total. The summed E-state index contributed by atoms with van der Waals surface area (Å²) in [4.78, 5) is 16.8. The molecule has 0 saturated carbocycles. The molecule has 0 bridgehead atoms. The van der Waals surface area contributed by atoms with Crippen LogP contribution in [0.5, 0.6) is 0 Å². The molecule has 0 unspecified atom stereocenters. The van der Waals surface area contributed by atoms with Crippen LogP contribution in [0, 0.1) is 6.92 Å². The van der Waals surface area contributed by atoms with Gasteiger partial charge in [0.1, 0.15) is 0 Å². The van der Waals surface area contributed by atoms with Gasteiger partial charge in [-0.1, -0.05) is 6.07 Å². The molecule has 1 N–H and O–H groups in total. The number of hydrogen-bond donors (Lipinski definition) is 1. The van der Waals surface area contributed by atoms with Gasteiger partial charge >= 0.3 is 0 Å². The minimum Gasteiger partial charge on any atom is -0.351 e. The maximum Gasteiger partial charge on any atom is 0.261 e. The van der Waals surface area contributed by atoms with E-state index >= 15 is 0 Å². The average molecular weight is 246 g/mol. The zero-order valence-electron chi connectivity index (χ0n) is 9.64. The molecule has 0 aliphatic heterocycles. The van der Waals surface area contributed by atoms with E-state index < -0.39 is 0 Å². The number of hydrogen-bond acceptors (Lipinski definition) is 3. The summed E-state index contributed by atoms with van der Waals surface area (Å²) < 4.78 is 0. The summed E-state index contributed by atoms with van der Waals surface area (Å²) in [7, 11) is 0. The minimum absolute atomic E-state index is 0.00781.